The van der Waals surface area contributed by atoms with Crippen LogP contribution in [0.25, 0.3) is 0 Å². The van der Waals surface area contributed by atoms with Crippen molar-refractivity contribution < 1.29 is 9.84 Å². The van der Waals surface area contributed by atoms with Gasteiger partial charge >= 0.3 is 0 Å². The van der Waals surface area contributed by atoms with Crippen molar-refractivity contribution in [3.63, 3.8) is 0 Å². The summed E-state index contributed by atoms with van der Waals surface area (Å²) < 4.78 is 6.50. The van der Waals surface area contributed by atoms with Crippen molar-refractivity contribution in [1.29, 1.82) is 0 Å². The zero-order valence-electron chi connectivity index (χ0n) is 11.8. The van der Waals surface area contributed by atoms with Crippen LogP contribution < -0.4 is 10.1 Å². The number of hydrogen-bond acceptors (Lipinski definition) is 4. The molecule has 19 heavy (non-hydrogen) atoms. The van der Waals surface area contributed by atoms with Crippen LogP contribution in [0.3, 0.4) is 0 Å². The third-order valence-corrected chi connectivity index (χ3v) is 3.25. The van der Waals surface area contributed by atoms with E-state index in [1.165, 1.54) is 5.56 Å². The van der Waals surface area contributed by atoms with Gasteiger partial charge in [0.1, 0.15) is 18.5 Å². The minimum atomic E-state index is -0.504. The van der Waals surface area contributed by atoms with E-state index in [2.05, 4.69) is 26.1 Å². The molecule has 1 unspecified atom stereocenters. The zero-order chi connectivity index (χ0) is 14.3. The SMILES string of the molecule is Cc1ccc(OCC(O)CNCCN(C)C)c(Br)c1. The summed E-state index contributed by atoms with van der Waals surface area (Å²) in [6, 6.07) is 5.89. The molecule has 0 saturated carbocycles. The number of aryl methyl sites for hydroxylation is 1. The van der Waals surface area contributed by atoms with Crippen LogP contribution in [0, 0.1) is 6.92 Å². The lowest BCUT2D eigenvalue weighted by atomic mass is 10.2. The van der Waals surface area contributed by atoms with Gasteiger partial charge < -0.3 is 20.1 Å². The lowest BCUT2D eigenvalue weighted by Gasteiger charge is -2.15. The lowest BCUT2D eigenvalue weighted by Crippen LogP contribution is -2.35. The fourth-order valence-corrected chi connectivity index (χ4v) is 2.15. The van der Waals surface area contributed by atoms with Crippen molar-refractivity contribution in [2.75, 3.05) is 40.3 Å². The summed E-state index contributed by atoms with van der Waals surface area (Å²) >= 11 is 3.45. The molecule has 0 aliphatic heterocycles. The van der Waals surface area contributed by atoms with Crippen molar-refractivity contribution in [2.24, 2.45) is 0 Å². The van der Waals surface area contributed by atoms with E-state index in [-0.39, 0.29) is 6.61 Å². The Kier molecular flexibility index (Phi) is 7.38. The summed E-state index contributed by atoms with van der Waals surface area (Å²) in [7, 11) is 4.05. The Labute approximate surface area is 123 Å². The van der Waals surface area contributed by atoms with Gasteiger partial charge in [-0.1, -0.05) is 6.07 Å². The summed E-state index contributed by atoms with van der Waals surface area (Å²) in [4.78, 5) is 2.10. The van der Waals surface area contributed by atoms with Crippen LogP contribution in [0.5, 0.6) is 5.75 Å². The number of hydrogen-bond donors (Lipinski definition) is 2. The predicted molar refractivity (Wildman–Crippen MR) is 81.8 cm³/mol. The molecule has 0 aromatic heterocycles. The highest BCUT2D eigenvalue weighted by atomic mass is 79.9. The fourth-order valence-electron chi connectivity index (χ4n) is 1.54. The summed E-state index contributed by atoms with van der Waals surface area (Å²) in [6.45, 7) is 4.67. The molecule has 1 aromatic carbocycles. The molecule has 1 rings (SSSR count). The Balaban J connectivity index is 2.24. The number of likely N-dealkylation sites (N-methyl/N-ethyl adjacent to an activating group) is 1. The standard InChI is InChI=1S/C14H23BrN2O2/c1-11-4-5-14(13(15)8-11)19-10-12(18)9-16-6-7-17(2)3/h4-5,8,12,16,18H,6-7,9-10H2,1-3H3. The molecule has 0 aliphatic rings. The summed E-state index contributed by atoms with van der Waals surface area (Å²) in [5, 5.41) is 13.0. The third-order valence-electron chi connectivity index (χ3n) is 2.63. The number of nitrogens with one attached hydrogen (secondary N) is 1. The molecule has 0 heterocycles. The van der Waals surface area contributed by atoms with Gasteiger partial charge in [0.25, 0.3) is 0 Å². The molecule has 0 amide bonds. The van der Waals surface area contributed by atoms with E-state index in [4.69, 9.17) is 4.74 Å². The molecule has 0 spiro atoms. The first-order chi connectivity index (χ1) is 8.99. The van der Waals surface area contributed by atoms with Crippen molar-refractivity contribution in [2.45, 2.75) is 13.0 Å². The van der Waals surface area contributed by atoms with Crippen LogP contribution in [-0.4, -0.2) is 56.4 Å². The Bertz CT molecular complexity index is 386. The second kappa shape index (κ2) is 8.53. The molecule has 5 heteroatoms. The molecular weight excluding hydrogens is 308 g/mol. The highest BCUT2D eigenvalue weighted by Crippen LogP contribution is 2.25. The molecule has 108 valence electrons. The van der Waals surface area contributed by atoms with E-state index >= 15 is 0 Å². The quantitative estimate of drug-likeness (QED) is 0.711. The Morgan fingerprint density at radius 3 is 2.79 bits per heavy atom. The summed E-state index contributed by atoms with van der Waals surface area (Å²) in [5.41, 5.74) is 1.17. The topological polar surface area (TPSA) is 44.7 Å². The molecular formula is C14H23BrN2O2. The van der Waals surface area contributed by atoms with Crippen molar-refractivity contribution in [1.82, 2.24) is 10.2 Å². The first-order valence-corrected chi connectivity index (χ1v) is 7.21. The molecule has 4 nitrogen and oxygen atoms in total. The normalized spacial score (nSPS) is 12.7. The van der Waals surface area contributed by atoms with Crippen LogP contribution in [0.4, 0.5) is 0 Å². The van der Waals surface area contributed by atoms with Crippen molar-refractivity contribution in [3.8, 4) is 5.75 Å². The average molecular weight is 331 g/mol. The van der Waals surface area contributed by atoms with Crippen molar-refractivity contribution in [3.05, 3.63) is 28.2 Å². The van der Waals surface area contributed by atoms with Gasteiger partial charge in [-0.15, -0.1) is 0 Å². The minimum absolute atomic E-state index is 0.288. The van der Waals surface area contributed by atoms with Crippen molar-refractivity contribution >= 4 is 15.9 Å². The first kappa shape index (κ1) is 16.4. The maximum Gasteiger partial charge on any atom is 0.133 e. The minimum Gasteiger partial charge on any atom is -0.490 e. The largest absolute Gasteiger partial charge is 0.490 e. The van der Waals surface area contributed by atoms with Gasteiger partial charge in [-0.05, 0) is 54.6 Å². The van der Waals surface area contributed by atoms with Crippen LogP contribution in [-0.2, 0) is 0 Å². The zero-order valence-corrected chi connectivity index (χ0v) is 13.4. The first-order valence-electron chi connectivity index (χ1n) is 6.41. The predicted octanol–water partition coefficient (Wildman–Crippen LogP) is 1.65. The molecule has 0 saturated heterocycles. The van der Waals surface area contributed by atoms with Gasteiger partial charge in [0.2, 0.25) is 0 Å². The molecule has 0 radical (unpaired) electrons. The highest BCUT2D eigenvalue weighted by Gasteiger charge is 2.07. The van der Waals surface area contributed by atoms with Gasteiger partial charge in [-0.2, -0.15) is 0 Å². The van der Waals surface area contributed by atoms with E-state index in [1.807, 2.05) is 39.2 Å². The Morgan fingerprint density at radius 1 is 1.42 bits per heavy atom. The maximum absolute atomic E-state index is 9.80. The Hall–Kier alpha value is -0.620. The maximum atomic E-state index is 9.80. The lowest BCUT2D eigenvalue weighted by molar-refractivity contribution is 0.105. The second-order valence-corrected chi connectivity index (χ2v) is 5.76. The van der Waals surface area contributed by atoms with Gasteiger partial charge in [0, 0.05) is 19.6 Å². The van der Waals surface area contributed by atoms with Crippen LogP contribution in [0.1, 0.15) is 5.56 Å². The highest BCUT2D eigenvalue weighted by molar-refractivity contribution is 9.10. The molecule has 1 atom stereocenters. The number of benzene rings is 1. The molecule has 0 aliphatic carbocycles. The third kappa shape index (κ3) is 6.92. The molecule has 1 aromatic rings. The number of aliphatic hydroxyl groups is 1. The van der Waals surface area contributed by atoms with Gasteiger partial charge in [-0.25, -0.2) is 0 Å². The fraction of sp³-hybridized carbons (Fsp3) is 0.571. The monoisotopic (exact) mass is 330 g/mol. The van der Waals surface area contributed by atoms with Gasteiger partial charge in [0.15, 0.2) is 0 Å². The Morgan fingerprint density at radius 2 is 2.16 bits per heavy atom. The number of nitrogens with zero attached hydrogens (tertiary/aromatic N) is 1. The summed E-state index contributed by atoms with van der Waals surface area (Å²) in [5.74, 6) is 0.762. The number of halogens is 1. The smallest absolute Gasteiger partial charge is 0.133 e. The van der Waals surface area contributed by atoms with E-state index in [9.17, 15) is 5.11 Å². The molecule has 2 N–H and O–H groups in total. The number of ether oxygens (including phenoxy) is 1. The van der Waals surface area contributed by atoms with E-state index in [1.54, 1.807) is 0 Å². The van der Waals surface area contributed by atoms with Crippen LogP contribution in [0.2, 0.25) is 0 Å². The summed E-state index contributed by atoms with van der Waals surface area (Å²) in [6.07, 6.45) is -0.504. The average Bonchev–Trinajstić information content (AvgIpc) is 2.33. The number of rotatable bonds is 8. The molecule has 0 fully saturated rings. The second-order valence-electron chi connectivity index (χ2n) is 4.91. The number of aliphatic hydroxyl groups excluding tert-OH is 1. The van der Waals surface area contributed by atoms with Crippen LogP contribution >= 0.6 is 15.9 Å². The van der Waals surface area contributed by atoms with Gasteiger partial charge in [0.05, 0.1) is 4.47 Å². The molecule has 0 bridgehead atoms. The van der Waals surface area contributed by atoms with E-state index < -0.39 is 6.10 Å². The van der Waals surface area contributed by atoms with Gasteiger partial charge in [-0.3, -0.25) is 0 Å². The van der Waals surface area contributed by atoms with E-state index in [0.29, 0.717) is 6.54 Å². The van der Waals surface area contributed by atoms with Crippen LogP contribution in [0.15, 0.2) is 22.7 Å². The van der Waals surface area contributed by atoms with E-state index in [0.717, 1.165) is 23.3 Å².